The van der Waals surface area contributed by atoms with Gasteiger partial charge in [-0.15, -0.1) is 11.3 Å². The highest BCUT2D eigenvalue weighted by molar-refractivity contribution is 7.19. The Balaban J connectivity index is 1.95. The van der Waals surface area contributed by atoms with Crippen LogP contribution in [0.4, 0.5) is 10.7 Å². The van der Waals surface area contributed by atoms with Crippen molar-refractivity contribution in [3.8, 4) is 0 Å². The number of para-hydroxylation sites is 1. The fourth-order valence-corrected chi connectivity index (χ4v) is 4.25. The van der Waals surface area contributed by atoms with E-state index in [1.54, 1.807) is 13.0 Å². The maximum absolute atomic E-state index is 12.9. The zero-order valence-electron chi connectivity index (χ0n) is 16.8. The zero-order valence-corrected chi connectivity index (χ0v) is 19.2. The molecular formula is C22H18Cl2N2O4S. The molecular weight excluding hydrogens is 459 g/mol. The molecule has 0 saturated heterocycles. The Hall–Kier alpha value is -2.87. The standard InChI is InChI=1S/C22H18Cl2N2O4S/c1-11-6-4-5-7-16(11)25-20(28)18-12(2)17(22(29)30-3)21(31-18)26-19(27)13-8-9-14(23)15(24)10-13/h4-10H,1-3H3,(H,25,28)(H,26,27). The molecule has 2 aromatic carbocycles. The fourth-order valence-electron chi connectivity index (χ4n) is 2.87. The molecule has 0 fully saturated rings. The summed E-state index contributed by atoms with van der Waals surface area (Å²) in [4.78, 5) is 38.3. The number of hydrogen-bond acceptors (Lipinski definition) is 5. The van der Waals surface area contributed by atoms with Gasteiger partial charge in [0.1, 0.15) is 5.00 Å². The second-order valence-corrected chi connectivity index (χ2v) is 8.44. The van der Waals surface area contributed by atoms with Crippen LogP contribution in [0.2, 0.25) is 10.0 Å². The van der Waals surface area contributed by atoms with Gasteiger partial charge in [0.05, 0.1) is 27.6 Å². The van der Waals surface area contributed by atoms with Crippen LogP contribution in [0, 0.1) is 13.8 Å². The molecule has 0 bridgehead atoms. The third-order valence-electron chi connectivity index (χ3n) is 4.54. The van der Waals surface area contributed by atoms with Gasteiger partial charge in [-0.1, -0.05) is 41.4 Å². The fraction of sp³-hybridized carbons (Fsp3) is 0.136. The molecule has 3 rings (SSSR count). The van der Waals surface area contributed by atoms with Crippen LogP contribution in [0.15, 0.2) is 42.5 Å². The lowest BCUT2D eigenvalue weighted by atomic mass is 10.1. The maximum Gasteiger partial charge on any atom is 0.341 e. The lowest BCUT2D eigenvalue weighted by molar-refractivity contribution is 0.0601. The molecule has 0 spiro atoms. The van der Waals surface area contributed by atoms with Gasteiger partial charge >= 0.3 is 5.97 Å². The molecule has 160 valence electrons. The quantitative estimate of drug-likeness (QED) is 0.444. The maximum atomic E-state index is 12.9. The van der Waals surface area contributed by atoms with Crippen LogP contribution in [0.1, 0.15) is 41.5 Å². The van der Waals surface area contributed by atoms with E-state index in [-0.39, 0.29) is 26.0 Å². The third kappa shape index (κ3) is 4.90. The molecule has 0 aliphatic rings. The van der Waals surface area contributed by atoms with Crippen LogP contribution in [0.5, 0.6) is 0 Å². The number of amides is 2. The Bertz CT molecular complexity index is 1190. The Kier molecular flexibility index (Phi) is 7.00. The Morgan fingerprint density at radius 3 is 2.29 bits per heavy atom. The molecule has 2 amide bonds. The van der Waals surface area contributed by atoms with Gasteiger partial charge in [0, 0.05) is 11.3 Å². The van der Waals surface area contributed by atoms with E-state index in [0.29, 0.717) is 16.3 Å². The Morgan fingerprint density at radius 2 is 1.65 bits per heavy atom. The average Bonchev–Trinajstić information content (AvgIpc) is 3.07. The topological polar surface area (TPSA) is 84.5 Å². The number of methoxy groups -OCH3 is 1. The number of carbonyl (C=O) groups is 3. The van der Waals surface area contributed by atoms with E-state index < -0.39 is 17.8 Å². The summed E-state index contributed by atoms with van der Waals surface area (Å²) < 4.78 is 4.86. The van der Waals surface area contributed by atoms with Crippen molar-refractivity contribution in [1.29, 1.82) is 0 Å². The molecule has 0 radical (unpaired) electrons. The highest BCUT2D eigenvalue weighted by atomic mass is 35.5. The molecule has 2 N–H and O–H groups in total. The molecule has 0 aliphatic carbocycles. The van der Waals surface area contributed by atoms with Crippen LogP contribution >= 0.6 is 34.5 Å². The molecule has 1 heterocycles. The summed E-state index contributed by atoms with van der Waals surface area (Å²) >= 11 is 12.9. The first kappa shape index (κ1) is 22.8. The van der Waals surface area contributed by atoms with Crippen molar-refractivity contribution >= 4 is 63.0 Å². The van der Waals surface area contributed by atoms with Gasteiger partial charge in [0.15, 0.2) is 0 Å². The van der Waals surface area contributed by atoms with Crippen LogP contribution < -0.4 is 10.6 Å². The largest absolute Gasteiger partial charge is 0.465 e. The third-order valence-corrected chi connectivity index (χ3v) is 6.49. The summed E-state index contributed by atoms with van der Waals surface area (Å²) in [6, 6.07) is 11.8. The Morgan fingerprint density at radius 1 is 0.935 bits per heavy atom. The number of anilines is 2. The summed E-state index contributed by atoms with van der Waals surface area (Å²) in [7, 11) is 1.23. The first-order chi connectivity index (χ1) is 14.7. The molecule has 6 nitrogen and oxygen atoms in total. The minimum absolute atomic E-state index is 0.121. The van der Waals surface area contributed by atoms with Crippen molar-refractivity contribution in [3.05, 3.63) is 79.6 Å². The monoisotopic (exact) mass is 476 g/mol. The van der Waals surface area contributed by atoms with E-state index in [1.165, 1.54) is 25.3 Å². The molecule has 1 aromatic heterocycles. The van der Waals surface area contributed by atoms with E-state index in [2.05, 4.69) is 10.6 Å². The van der Waals surface area contributed by atoms with Crippen LogP contribution in [-0.4, -0.2) is 24.9 Å². The van der Waals surface area contributed by atoms with Gasteiger partial charge in [-0.25, -0.2) is 4.79 Å². The zero-order chi connectivity index (χ0) is 22.7. The second-order valence-electron chi connectivity index (χ2n) is 6.60. The van der Waals surface area contributed by atoms with Crippen molar-refractivity contribution in [2.24, 2.45) is 0 Å². The molecule has 31 heavy (non-hydrogen) atoms. The SMILES string of the molecule is COC(=O)c1c(NC(=O)c2ccc(Cl)c(Cl)c2)sc(C(=O)Nc2ccccc2C)c1C. The first-order valence-corrected chi connectivity index (χ1v) is 10.6. The van der Waals surface area contributed by atoms with E-state index in [9.17, 15) is 14.4 Å². The molecule has 3 aromatic rings. The number of ether oxygens (including phenoxy) is 1. The molecule has 0 unspecified atom stereocenters. The smallest absolute Gasteiger partial charge is 0.341 e. The normalized spacial score (nSPS) is 10.5. The Labute approximate surface area is 193 Å². The second kappa shape index (κ2) is 9.51. The number of aryl methyl sites for hydroxylation is 1. The predicted molar refractivity (Wildman–Crippen MR) is 124 cm³/mol. The van der Waals surface area contributed by atoms with Crippen LogP contribution in [-0.2, 0) is 4.74 Å². The molecule has 0 aliphatic heterocycles. The van der Waals surface area contributed by atoms with Crippen molar-refractivity contribution in [3.63, 3.8) is 0 Å². The van der Waals surface area contributed by atoms with E-state index in [4.69, 9.17) is 27.9 Å². The minimum Gasteiger partial charge on any atom is -0.465 e. The number of hydrogen-bond donors (Lipinski definition) is 2. The molecule has 0 atom stereocenters. The van der Waals surface area contributed by atoms with Crippen molar-refractivity contribution in [2.45, 2.75) is 13.8 Å². The number of carbonyl (C=O) groups excluding carboxylic acids is 3. The van der Waals surface area contributed by atoms with Gasteiger partial charge in [0.2, 0.25) is 0 Å². The number of benzene rings is 2. The van der Waals surface area contributed by atoms with Crippen molar-refractivity contribution in [2.75, 3.05) is 17.7 Å². The van der Waals surface area contributed by atoms with Gasteiger partial charge in [-0.3, -0.25) is 9.59 Å². The number of esters is 1. The summed E-state index contributed by atoms with van der Waals surface area (Å²) in [5, 5.41) is 6.26. The first-order valence-electron chi connectivity index (χ1n) is 9.08. The van der Waals surface area contributed by atoms with Crippen LogP contribution in [0.25, 0.3) is 0 Å². The van der Waals surface area contributed by atoms with Crippen LogP contribution in [0.3, 0.4) is 0 Å². The van der Waals surface area contributed by atoms with E-state index >= 15 is 0 Å². The summed E-state index contributed by atoms with van der Waals surface area (Å²) in [5.74, 6) is -1.55. The lowest BCUT2D eigenvalue weighted by Gasteiger charge is -2.07. The minimum atomic E-state index is -0.659. The van der Waals surface area contributed by atoms with Crippen molar-refractivity contribution in [1.82, 2.24) is 0 Å². The van der Waals surface area contributed by atoms with E-state index in [1.807, 2.05) is 25.1 Å². The molecule has 0 saturated carbocycles. The number of rotatable bonds is 5. The predicted octanol–water partition coefficient (Wildman–Crippen LogP) is 5.96. The van der Waals surface area contributed by atoms with E-state index in [0.717, 1.165) is 16.9 Å². The van der Waals surface area contributed by atoms with Gasteiger partial charge in [-0.2, -0.15) is 0 Å². The van der Waals surface area contributed by atoms with Crippen molar-refractivity contribution < 1.29 is 19.1 Å². The summed E-state index contributed by atoms with van der Waals surface area (Å²) in [6.07, 6.45) is 0. The number of thiophene rings is 1. The van der Waals surface area contributed by atoms with Gasteiger partial charge in [0.25, 0.3) is 11.8 Å². The average molecular weight is 477 g/mol. The molecule has 9 heteroatoms. The summed E-state index contributed by atoms with van der Waals surface area (Å²) in [6.45, 7) is 3.50. The summed E-state index contributed by atoms with van der Waals surface area (Å²) in [5.41, 5.74) is 2.33. The highest BCUT2D eigenvalue weighted by Crippen LogP contribution is 2.35. The van der Waals surface area contributed by atoms with Gasteiger partial charge < -0.3 is 15.4 Å². The number of nitrogens with one attached hydrogen (secondary N) is 2. The van der Waals surface area contributed by atoms with Gasteiger partial charge in [-0.05, 0) is 49.2 Å². The lowest BCUT2D eigenvalue weighted by Crippen LogP contribution is -2.14. The number of halogens is 2. The highest BCUT2D eigenvalue weighted by Gasteiger charge is 2.27.